The number of rotatable bonds is 2. The number of hydrogen-bond acceptors (Lipinski definition) is 4. The second kappa shape index (κ2) is 4.61. The van der Waals surface area contributed by atoms with Crippen LogP contribution in [-0.2, 0) is 4.74 Å². The van der Waals surface area contributed by atoms with Gasteiger partial charge in [-0.05, 0) is 40.2 Å². The van der Waals surface area contributed by atoms with E-state index in [0.717, 1.165) is 31.2 Å². The normalized spacial score (nSPS) is 20.9. The fraction of sp³-hybridized carbons (Fsp3) is 0.692. The van der Waals surface area contributed by atoms with Crippen molar-refractivity contribution in [1.82, 2.24) is 9.97 Å². The van der Waals surface area contributed by atoms with Crippen molar-refractivity contribution in [2.24, 2.45) is 0 Å². The van der Waals surface area contributed by atoms with Crippen molar-refractivity contribution in [2.45, 2.75) is 45.8 Å². The Morgan fingerprint density at radius 2 is 2.18 bits per heavy atom. The van der Waals surface area contributed by atoms with Gasteiger partial charge in [0.25, 0.3) is 0 Å². The molecule has 0 bridgehead atoms. The molecule has 1 aromatic heterocycles. The maximum Gasteiger partial charge on any atom is 0.225 e. The summed E-state index contributed by atoms with van der Waals surface area (Å²) in [7, 11) is 0. The molecule has 0 aliphatic carbocycles. The van der Waals surface area contributed by atoms with E-state index in [-0.39, 0.29) is 5.60 Å². The fourth-order valence-electron chi connectivity index (χ4n) is 2.09. The van der Waals surface area contributed by atoms with Gasteiger partial charge in [0.1, 0.15) is 0 Å². The van der Waals surface area contributed by atoms with Crippen molar-refractivity contribution in [1.29, 1.82) is 0 Å². The van der Waals surface area contributed by atoms with Crippen LogP contribution < -0.4 is 4.90 Å². The molecule has 1 aliphatic rings. The molecule has 2 heterocycles. The smallest absolute Gasteiger partial charge is 0.225 e. The Kier molecular flexibility index (Phi) is 3.33. The quantitative estimate of drug-likeness (QED) is 0.787. The summed E-state index contributed by atoms with van der Waals surface area (Å²) < 4.78 is 5.98. The van der Waals surface area contributed by atoms with E-state index >= 15 is 0 Å². The molecule has 1 aromatic rings. The number of aromatic nitrogens is 2. The Bertz CT molecular complexity index is 386. The first-order valence-corrected chi connectivity index (χ1v) is 6.16. The minimum atomic E-state index is -0.0753. The zero-order chi connectivity index (χ0) is 12.5. The lowest BCUT2D eigenvalue weighted by Gasteiger charge is -2.25. The highest BCUT2D eigenvalue weighted by Crippen LogP contribution is 2.22. The zero-order valence-corrected chi connectivity index (χ0v) is 11.1. The molecule has 94 valence electrons. The highest BCUT2D eigenvalue weighted by Gasteiger charge is 2.28. The molecule has 0 amide bonds. The number of hydrogen-bond donors (Lipinski definition) is 0. The maximum atomic E-state index is 5.98. The van der Waals surface area contributed by atoms with Crippen LogP contribution in [0.4, 0.5) is 5.95 Å². The summed E-state index contributed by atoms with van der Waals surface area (Å²) in [5, 5.41) is 0. The van der Waals surface area contributed by atoms with Gasteiger partial charge in [0, 0.05) is 25.0 Å². The molecule has 2 rings (SSSR count). The average molecular weight is 235 g/mol. The molecule has 0 radical (unpaired) electrons. The Hall–Kier alpha value is -1.16. The maximum absolute atomic E-state index is 5.98. The van der Waals surface area contributed by atoms with Crippen LogP contribution in [0.2, 0.25) is 0 Å². The van der Waals surface area contributed by atoms with Crippen LogP contribution in [0.3, 0.4) is 0 Å². The van der Waals surface area contributed by atoms with Crippen LogP contribution >= 0.6 is 0 Å². The van der Waals surface area contributed by atoms with Gasteiger partial charge in [-0.1, -0.05) is 0 Å². The second-order valence-corrected chi connectivity index (χ2v) is 5.58. The van der Waals surface area contributed by atoms with Gasteiger partial charge in [-0.3, -0.25) is 0 Å². The van der Waals surface area contributed by atoms with E-state index in [1.165, 1.54) is 0 Å². The van der Waals surface area contributed by atoms with Crippen molar-refractivity contribution >= 4 is 5.95 Å². The summed E-state index contributed by atoms with van der Waals surface area (Å²) in [6.07, 6.45) is 3.16. The summed E-state index contributed by atoms with van der Waals surface area (Å²) in [5.41, 5.74) is 0.934. The molecule has 1 aliphatic heterocycles. The second-order valence-electron chi connectivity index (χ2n) is 5.58. The summed E-state index contributed by atoms with van der Waals surface area (Å²) in [5.74, 6) is 0.824. The topological polar surface area (TPSA) is 38.2 Å². The van der Waals surface area contributed by atoms with E-state index in [2.05, 4.69) is 35.6 Å². The largest absolute Gasteiger partial charge is 0.371 e. The van der Waals surface area contributed by atoms with Crippen molar-refractivity contribution in [3.8, 4) is 0 Å². The molecule has 0 unspecified atom stereocenters. The molecule has 0 spiro atoms. The zero-order valence-electron chi connectivity index (χ0n) is 11.1. The third-order valence-electron chi connectivity index (χ3n) is 2.73. The van der Waals surface area contributed by atoms with Gasteiger partial charge in [-0.25, -0.2) is 9.97 Å². The molecule has 1 atom stereocenters. The first-order valence-electron chi connectivity index (χ1n) is 6.16. The van der Waals surface area contributed by atoms with Gasteiger partial charge in [-0.2, -0.15) is 0 Å². The van der Waals surface area contributed by atoms with Crippen molar-refractivity contribution in [3.63, 3.8) is 0 Å². The van der Waals surface area contributed by atoms with Crippen molar-refractivity contribution < 1.29 is 4.74 Å². The predicted molar refractivity (Wildman–Crippen MR) is 68.2 cm³/mol. The minimum Gasteiger partial charge on any atom is -0.371 e. The number of aryl methyl sites for hydroxylation is 1. The molecule has 4 nitrogen and oxygen atoms in total. The lowest BCUT2D eigenvalue weighted by molar-refractivity contribution is -0.0492. The van der Waals surface area contributed by atoms with E-state index in [1.807, 2.05) is 19.2 Å². The molecular formula is C13H21N3O. The molecule has 4 heteroatoms. The van der Waals surface area contributed by atoms with Crippen molar-refractivity contribution in [2.75, 3.05) is 18.0 Å². The van der Waals surface area contributed by atoms with Crippen molar-refractivity contribution in [3.05, 3.63) is 18.0 Å². The van der Waals surface area contributed by atoms with Gasteiger partial charge < -0.3 is 9.64 Å². The first-order chi connectivity index (χ1) is 7.94. The molecule has 1 saturated heterocycles. The lowest BCUT2D eigenvalue weighted by Crippen LogP contribution is -2.30. The van der Waals surface area contributed by atoms with Crippen LogP contribution in [0.1, 0.15) is 32.9 Å². The van der Waals surface area contributed by atoms with E-state index in [0.29, 0.717) is 6.10 Å². The summed E-state index contributed by atoms with van der Waals surface area (Å²) >= 11 is 0. The third kappa shape index (κ3) is 3.40. The Balaban J connectivity index is 1.98. The lowest BCUT2D eigenvalue weighted by atomic mass is 10.2. The van der Waals surface area contributed by atoms with Gasteiger partial charge >= 0.3 is 0 Å². The highest BCUT2D eigenvalue weighted by molar-refractivity contribution is 5.32. The van der Waals surface area contributed by atoms with Crippen LogP contribution in [0.5, 0.6) is 0 Å². The van der Waals surface area contributed by atoms with E-state index in [1.54, 1.807) is 0 Å². The Morgan fingerprint density at radius 1 is 1.41 bits per heavy atom. The SMILES string of the molecule is Cc1ccnc(N2CC[C@@H](OC(C)(C)C)C2)n1. The first kappa shape index (κ1) is 12.3. The molecule has 1 fully saturated rings. The summed E-state index contributed by atoms with van der Waals surface area (Å²) in [6, 6.07) is 1.92. The fourth-order valence-corrected chi connectivity index (χ4v) is 2.09. The number of anilines is 1. The predicted octanol–water partition coefficient (Wildman–Crippen LogP) is 2.18. The molecule has 0 saturated carbocycles. The minimum absolute atomic E-state index is 0.0753. The van der Waals surface area contributed by atoms with E-state index in [9.17, 15) is 0 Å². The van der Waals surface area contributed by atoms with E-state index in [4.69, 9.17) is 4.74 Å². The number of ether oxygens (including phenoxy) is 1. The Labute approximate surface area is 103 Å². The van der Waals surface area contributed by atoms with Crippen LogP contribution in [0.25, 0.3) is 0 Å². The van der Waals surface area contributed by atoms with E-state index < -0.39 is 0 Å². The standard InChI is InChI=1S/C13H21N3O/c1-10-5-7-14-12(15-10)16-8-6-11(9-16)17-13(2,3)4/h5,7,11H,6,8-9H2,1-4H3/t11-/m1/s1. The summed E-state index contributed by atoms with van der Waals surface area (Å²) in [6.45, 7) is 10.1. The average Bonchev–Trinajstić information content (AvgIpc) is 2.63. The van der Waals surface area contributed by atoms with Gasteiger partial charge in [0.2, 0.25) is 5.95 Å². The highest BCUT2D eigenvalue weighted by atomic mass is 16.5. The molecule has 17 heavy (non-hydrogen) atoms. The monoisotopic (exact) mass is 235 g/mol. The molecular weight excluding hydrogens is 214 g/mol. The van der Waals surface area contributed by atoms with Gasteiger partial charge in [0.05, 0.1) is 11.7 Å². The summed E-state index contributed by atoms with van der Waals surface area (Å²) in [4.78, 5) is 11.0. The molecule has 0 aromatic carbocycles. The van der Waals surface area contributed by atoms with Gasteiger partial charge in [0.15, 0.2) is 0 Å². The Morgan fingerprint density at radius 3 is 2.82 bits per heavy atom. The van der Waals surface area contributed by atoms with Crippen LogP contribution in [0.15, 0.2) is 12.3 Å². The van der Waals surface area contributed by atoms with Crippen LogP contribution in [0, 0.1) is 6.92 Å². The third-order valence-corrected chi connectivity index (χ3v) is 2.73. The van der Waals surface area contributed by atoms with Gasteiger partial charge in [-0.15, -0.1) is 0 Å². The number of nitrogens with zero attached hydrogens (tertiary/aromatic N) is 3. The van der Waals surface area contributed by atoms with Crippen LogP contribution in [-0.4, -0.2) is 34.8 Å². The molecule has 0 N–H and O–H groups in total.